The normalized spacial score (nSPS) is 11.2. The second kappa shape index (κ2) is 9.19. The number of rotatable bonds is 7. The van der Waals surface area contributed by atoms with Crippen LogP contribution in [0.1, 0.15) is 5.56 Å². The lowest BCUT2D eigenvalue weighted by Gasteiger charge is -2.15. The Labute approximate surface area is 175 Å². The maximum absolute atomic E-state index is 13.3. The first-order chi connectivity index (χ1) is 13.8. The Bertz CT molecular complexity index is 968. The van der Waals surface area contributed by atoms with E-state index in [1.54, 1.807) is 12.1 Å². The number of aromatic nitrogens is 2. The molecule has 10 heteroatoms. The first-order valence-corrected chi connectivity index (χ1v) is 9.27. The zero-order valence-corrected chi connectivity index (χ0v) is 16.4. The number of alkyl halides is 3. The van der Waals surface area contributed by atoms with Crippen LogP contribution in [-0.4, -0.2) is 23.1 Å². The minimum absolute atomic E-state index is 0.00472. The van der Waals surface area contributed by atoms with Gasteiger partial charge in [0.25, 0.3) is 0 Å². The summed E-state index contributed by atoms with van der Waals surface area (Å²) >= 11 is 11.8. The Morgan fingerprint density at radius 1 is 0.862 bits per heavy atom. The van der Waals surface area contributed by atoms with Crippen molar-refractivity contribution < 1.29 is 13.2 Å². The van der Waals surface area contributed by atoms with Crippen LogP contribution in [0.3, 0.4) is 0 Å². The summed E-state index contributed by atoms with van der Waals surface area (Å²) in [4.78, 5) is 7.73. The molecular weight excluding hydrogens is 426 g/mol. The molecule has 0 amide bonds. The van der Waals surface area contributed by atoms with E-state index in [1.165, 1.54) is 6.07 Å². The molecule has 0 aliphatic rings. The average Bonchev–Trinajstić information content (AvgIpc) is 2.68. The van der Waals surface area contributed by atoms with Crippen molar-refractivity contribution in [2.24, 2.45) is 0 Å². The molecule has 0 aliphatic carbocycles. The molecule has 29 heavy (non-hydrogen) atoms. The second-order valence-corrected chi connectivity index (χ2v) is 6.74. The van der Waals surface area contributed by atoms with Crippen molar-refractivity contribution in [3.63, 3.8) is 0 Å². The average molecular weight is 442 g/mol. The number of anilines is 4. The molecule has 0 unspecified atom stereocenters. The predicted molar refractivity (Wildman–Crippen MR) is 110 cm³/mol. The van der Waals surface area contributed by atoms with Crippen LogP contribution in [0.4, 0.5) is 36.3 Å². The molecule has 0 atom stereocenters. The Kier molecular flexibility index (Phi) is 6.66. The van der Waals surface area contributed by atoms with Crippen molar-refractivity contribution in [2.45, 2.75) is 6.18 Å². The zero-order valence-electron chi connectivity index (χ0n) is 14.9. The van der Waals surface area contributed by atoms with E-state index in [0.717, 1.165) is 11.9 Å². The van der Waals surface area contributed by atoms with Gasteiger partial charge in [0.05, 0.1) is 10.0 Å². The molecule has 5 nitrogen and oxygen atoms in total. The fourth-order valence-electron chi connectivity index (χ4n) is 2.43. The van der Waals surface area contributed by atoms with Crippen molar-refractivity contribution in [3.05, 3.63) is 70.3 Å². The number of benzene rings is 2. The third kappa shape index (κ3) is 5.88. The van der Waals surface area contributed by atoms with E-state index in [0.29, 0.717) is 22.3 Å². The topological polar surface area (TPSA) is 61.9 Å². The van der Waals surface area contributed by atoms with Crippen LogP contribution in [-0.2, 0) is 6.18 Å². The predicted octanol–water partition coefficient (Wildman–Crippen LogP) is 6.07. The first-order valence-electron chi connectivity index (χ1n) is 8.52. The highest BCUT2D eigenvalue weighted by Crippen LogP contribution is 2.34. The molecule has 0 saturated heterocycles. The van der Waals surface area contributed by atoms with Gasteiger partial charge in [0.2, 0.25) is 5.95 Å². The Morgan fingerprint density at radius 2 is 1.59 bits per heavy atom. The summed E-state index contributed by atoms with van der Waals surface area (Å²) in [6.45, 7) is 0.627. The molecular formula is C19H16Cl2F3N5. The van der Waals surface area contributed by atoms with Crippen LogP contribution < -0.4 is 16.0 Å². The number of hydrogen-bond acceptors (Lipinski definition) is 5. The molecule has 152 valence electrons. The van der Waals surface area contributed by atoms with Crippen molar-refractivity contribution in [1.29, 1.82) is 0 Å². The molecule has 1 heterocycles. The van der Waals surface area contributed by atoms with E-state index in [-0.39, 0.29) is 18.3 Å². The van der Waals surface area contributed by atoms with Gasteiger partial charge in [-0.25, -0.2) is 4.98 Å². The standard InChI is InChI=1S/C19H16Cl2F3N5/c20-15-7-6-13(10-16(15)21)28-18-27-11-14(19(22,23)24)17(29-18)26-9-8-25-12-4-2-1-3-5-12/h1-7,10-11,25H,8-9H2,(H2,26,27,28,29). The minimum Gasteiger partial charge on any atom is -0.383 e. The molecule has 2 aromatic carbocycles. The largest absolute Gasteiger partial charge is 0.421 e. The molecule has 0 fully saturated rings. The maximum Gasteiger partial charge on any atom is 0.421 e. The quantitative estimate of drug-likeness (QED) is 0.388. The van der Waals surface area contributed by atoms with Crippen molar-refractivity contribution in [1.82, 2.24) is 9.97 Å². The summed E-state index contributed by atoms with van der Waals surface area (Å²) in [5.74, 6) is -0.320. The smallest absolute Gasteiger partial charge is 0.383 e. The molecule has 0 bridgehead atoms. The molecule has 0 radical (unpaired) electrons. The van der Waals surface area contributed by atoms with Gasteiger partial charge < -0.3 is 16.0 Å². The summed E-state index contributed by atoms with van der Waals surface area (Å²) in [6.07, 6.45) is -3.85. The van der Waals surface area contributed by atoms with Crippen molar-refractivity contribution in [2.75, 3.05) is 29.0 Å². The van der Waals surface area contributed by atoms with Gasteiger partial charge in [-0.2, -0.15) is 18.2 Å². The lowest BCUT2D eigenvalue weighted by molar-refractivity contribution is -0.137. The van der Waals surface area contributed by atoms with Crippen LogP contribution >= 0.6 is 23.2 Å². The lowest BCUT2D eigenvalue weighted by atomic mass is 10.3. The third-order valence-corrected chi connectivity index (χ3v) is 4.53. The number of nitrogens with one attached hydrogen (secondary N) is 3. The van der Waals surface area contributed by atoms with Crippen LogP contribution in [0.5, 0.6) is 0 Å². The Balaban J connectivity index is 1.72. The van der Waals surface area contributed by atoms with Gasteiger partial charge in [-0.1, -0.05) is 41.4 Å². The number of halogens is 5. The second-order valence-electron chi connectivity index (χ2n) is 5.93. The fourth-order valence-corrected chi connectivity index (χ4v) is 2.73. The summed E-state index contributed by atoms with van der Waals surface area (Å²) in [7, 11) is 0. The van der Waals surface area contributed by atoms with E-state index >= 15 is 0 Å². The summed E-state index contributed by atoms with van der Waals surface area (Å²) in [6, 6.07) is 14.0. The fraction of sp³-hybridized carbons (Fsp3) is 0.158. The first kappa shape index (κ1) is 21.0. The van der Waals surface area contributed by atoms with E-state index in [2.05, 4.69) is 25.9 Å². The molecule has 3 N–H and O–H groups in total. The Hall–Kier alpha value is -2.71. The molecule has 0 aliphatic heterocycles. The highest BCUT2D eigenvalue weighted by Gasteiger charge is 2.35. The summed E-state index contributed by atoms with van der Waals surface area (Å²) in [5, 5.41) is 9.30. The van der Waals surface area contributed by atoms with Gasteiger partial charge in [-0.3, -0.25) is 0 Å². The zero-order chi connectivity index (χ0) is 20.9. The number of nitrogens with zero attached hydrogens (tertiary/aromatic N) is 2. The highest BCUT2D eigenvalue weighted by atomic mass is 35.5. The Morgan fingerprint density at radius 3 is 2.28 bits per heavy atom. The maximum atomic E-state index is 13.3. The molecule has 3 rings (SSSR count). The summed E-state index contributed by atoms with van der Waals surface area (Å²) in [5.41, 5.74) is 0.419. The van der Waals surface area contributed by atoms with Gasteiger partial charge in [0.1, 0.15) is 11.4 Å². The minimum atomic E-state index is -4.59. The van der Waals surface area contributed by atoms with Gasteiger partial charge in [0.15, 0.2) is 0 Å². The molecule has 0 spiro atoms. The SMILES string of the molecule is FC(F)(F)c1cnc(Nc2ccc(Cl)c(Cl)c2)nc1NCCNc1ccccc1. The van der Waals surface area contributed by atoms with Crippen LogP contribution in [0.2, 0.25) is 10.0 Å². The van der Waals surface area contributed by atoms with E-state index in [9.17, 15) is 13.2 Å². The van der Waals surface area contributed by atoms with E-state index in [4.69, 9.17) is 23.2 Å². The van der Waals surface area contributed by atoms with Gasteiger partial charge in [-0.05, 0) is 30.3 Å². The van der Waals surface area contributed by atoms with Crippen LogP contribution in [0, 0.1) is 0 Å². The molecule has 1 aromatic heterocycles. The lowest BCUT2D eigenvalue weighted by Crippen LogP contribution is -2.19. The molecule has 3 aromatic rings. The van der Waals surface area contributed by atoms with Crippen molar-refractivity contribution in [3.8, 4) is 0 Å². The third-order valence-electron chi connectivity index (χ3n) is 3.79. The van der Waals surface area contributed by atoms with E-state index < -0.39 is 11.7 Å². The van der Waals surface area contributed by atoms with Gasteiger partial charge in [-0.15, -0.1) is 0 Å². The number of para-hydroxylation sites is 1. The van der Waals surface area contributed by atoms with Gasteiger partial charge >= 0.3 is 6.18 Å². The van der Waals surface area contributed by atoms with Crippen molar-refractivity contribution >= 4 is 46.3 Å². The number of hydrogen-bond donors (Lipinski definition) is 3. The summed E-state index contributed by atoms with van der Waals surface area (Å²) < 4.78 is 39.9. The van der Waals surface area contributed by atoms with Crippen LogP contribution in [0.25, 0.3) is 0 Å². The molecule has 0 saturated carbocycles. The van der Waals surface area contributed by atoms with Gasteiger partial charge in [0, 0.05) is 30.7 Å². The highest BCUT2D eigenvalue weighted by molar-refractivity contribution is 6.42. The monoisotopic (exact) mass is 441 g/mol. The van der Waals surface area contributed by atoms with Crippen LogP contribution in [0.15, 0.2) is 54.7 Å². The van der Waals surface area contributed by atoms with E-state index in [1.807, 2.05) is 30.3 Å².